The molecule has 0 spiro atoms. The van der Waals surface area contributed by atoms with Crippen LogP contribution in [0.25, 0.3) is 0 Å². The lowest BCUT2D eigenvalue weighted by Gasteiger charge is -2.36. The maximum absolute atomic E-state index is 12.4. The summed E-state index contributed by atoms with van der Waals surface area (Å²) < 4.78 is 5.19. The molecule has 0 aliphatic carbocycles. The Labute approximate surface area is 132 Å². The summed E-state index contributed by atoms with van der Waals surface area (Å²) in [7, 11) is 1.68. The zero-order valence-electron chi connectivity index (χ0n) is 13.4. The second kappa shape index (κ2) is 7.01. The second-order valence-electron chi connectivity index (χ2n) is 6.20. The van der Waals surface area contributed by atoms with E-state index in [1.54, 1.807) is 7.11 Å². The molecule has 0 saturated carbocycles. The van der Waals surface area contributed by atoms with Crippen LogP contribution in [0.15, 0.2) is 24.3 Å². The summed E-state index contributed by atoms with van der Waals surface area (Å²) in [5.74, 6) is 1.21. The van der Waals surface area contributed by atoms with Gasteiger partial charge in [0.1, 0.15) is 5.75 Å². The van der Waals surface area contributed by atoms with Gasteiger partial charge in [0.25, 0.3) is 5.91 Å². The number of amides is 1. The number of nitrogens with one attached hydrogen (secondary N) is 1. The summed E-state index contributed by atoms with van der Waals surface area (Å²) in [5, 5.41) is 0. The van der Waals surface area contributed by atoms with E-state index < -0.39 is 0 Å². The van der Waals surface area contributed by atoms with Crippen LogP contribution in [-0.2, 0) is 4.79 Å². The van der Waals surface area contributed by atoms with Crippen molar-refractivity contribution in [2.24, 2.45) is 0 Å². The Morgan fingerprint density at radius 1 is 1.09 bits per heavy atom. The van der Waals surface area contributed by atoms with Gasteiger partial charge in [-0.1, -0.05) is 0 Å². The summed E-state index contributed by atoms with van der Waals surface area (Å²) >= 11 is 0. The molecule has 0 bridgehead atoms. The van der Waals surface area contributed by atoms with Crippen molar-refractivity contribution in [1.82, 2.24) is 4.90 Å². The first-order valence-electron chi connectivity index (χ1n) is 8.26. The van der Waals surface area contributed by atoms with E-state index in [1.807, 2.05) is 17.0 Å². The van der Waals surface area contributed by atoms with Crippen molar-refractivity contribution in [3.63, 3.8) is 0 Å². The number of carbonyl (C=O) groups is 1. The fourth-order valence-electron chi connectivity index (χ4n) is 3.38. The maximum atomic E-state index is 12.4. The lowest BCUT2D eigenvalue weighted by atomic mass is 10.2. The van der Waals surface area contributed by atoms with Gasteiger partial charge in [-0.3, -0.25) is 4.79 Å². The van der Waals surface area contributed by atoms with E-state index >= 15 is 0 Å². The highest BCUT2D eigenvalue weighted by Crippen LogP contribution is 2.20. The molecule has 5 nitrogen and oxygen atoms in total. The van der Waals surface area contributed by atoms with Gasteiger partial charge in [0.15, 0.2) is 6.54 Å². The third-order valence-corrected chi connectivity index (χ3v) is 4.78. The fraction of sp³-hybridized carbons (Fsp3) is 0.588. The van der Waals surface area contributed by atoms with E-state index in [2.05, 4.69) is 17.0 Å². The van der Waals surface area contributed by atoms with E-state index in [4.69, 9.17) is 4.74 Å². The normalized spacial score (nSPS) is 19.5. The molecule has 2 fully saturated rings. The number of quaternary nitrogens is 1. The summed E-state index contributed by atoms with van der Waals surface area (Å²) in [5.41, 5.74) is 1.21. The number of nitrogens with zero attached hydrogens (tertiary/aromatic N) is 2. The van der Waals surface area contributed by atoms with Crippen molar-refractivity contribution in [2.45, 2.75) is 12.8 Å². The van der Waals surface area contributed by atoms with E-state index in [-0.39, 0.29) is 0 Å². The SMILES string of the molecule is COc1ccc(N2CCN(C(=O)C[NH+]3CCCC3)CC2)cc1. The molecule has 0 atom stereocenters. The zero-order valence-corrected chi connectivity index (χ0v) is 13.4. The van der Waals surface area contributed by atoms with Crippen LogP contribution in [0.4, 0.5) is 5.69 Å². The molecule has 1 aromatic carbocycles. The molecule has 2 heterocycles. The van der Waals surface area contributed by atoms with Crippen molar-refractivity contribution in [1.29, 1.82) is 0 Å². The van der Waals surface area contributed by atoms with Gasteiger partial charge in [-0.15, -0.1) is 0 Å². The van der Waals surface area contributed by atoms with Crippen LogP contribution in [-0.4, -0.2) is 63.7 Å². The molecule has 0 radical (unpaired) electrons. The van der Waals surface area contributed by atoms with Gasteiger partial charge in [-0.2, -0.15) is 0 Å². The lowest BCUT2D eigenvalue weighted by Crippen LogP contribution is -3.11. The first kappa shape index (κ1) is 15.2. The average molecular weight is 304 g/mol. The number of methoxy groups -OCH3 is 1. The summed E-state index contributed by atoms with van der Waals surface area (Å²) in [6.07, 6.45) is 2.54. The maximum Gasteiger partial charge on any atom is 0.277 e. The van der Waals surface area contributed by atoms with Gasteiger partial charge in [-0.25, -0.2) is 0 Å². The smallest absolute Gasteiger partial charge is 0.277 e. The Balaban J connectivity index is 1.49. The molecule has 2 aliphatic heterocycles. The summed E-state index contributed by atoms with van der Waals surface area (Å²) in [6, 6.07) is 8.16. The van der Waals surface area contributed by atoms with E-state index in [0.717, 1.165) is 45.0 Å². The standard InChI is InChI=1S/C17H25N3O2/c1-22-16-6-4-15(5-7-16)19-10-12-20(13-11-19)17(21)14-18-8-2-3-9-18/h4-7H,2-3,8-14H2,1H3/p+1. The zero-order chi connectivity index (χ0) is 15.4. The number of ether oxygens (including phenoxy) is 1. The molecule has 0 aromatic heterocycles. The molecule has 22 heavy (non-hydrogen) atoms. The lowest BCUT2D eigenvalue weighted by molar-refractivity contribution is -0.879. The van der Waals surface area contributed by atoms with E-state index in [9.17, 15) is 4.79 Å². The van der Waals surface area contributed by atoms with Gasteiger partial charge in [-0.05, 0) is 24.3 Å². The highest BCUT2D eigenvalue weighted by atomic mass is 16.5. The Morgan fingerprint density at radius 3 is 2.32 bits per heavy atom. The van der Waals surface area contributed by atoms with Gasteiger partial charge >= 0.3 is 0 Å². The first-order chi connectivity index (χ1) is 10.8. The molecule has 2 saturated heterocycles. The quantitative estimate of drug-likeness (QED) is 0.852. The predicted octanol–water partition coefficient (Wildman–Crippen LogP) is 0.0225. The number of hydrogen-bond donors (Lipinski definition) is 1. The highest BCUT2D eigenvalue weighted by Gasteiger charge is 2.25. The Bertz CT molecular complexity index is 489. The van der Waals surface area contributed by atoms with Crippen LogP contribution >= 0.6 is 0 Å². The van der Waals surface area contributed by atoms with Crippen LogP contribution in [0, 0.1) is 0 Å². The van der Waals surface area contributed by atoms with Gasteiger partial charge < -0.3 is 19.4 Å². The molecule has 0 unspecified atom stereocenters. The number of hydrogen-bond acceptors (Lipinski definition) is 3. The van der Waals surface area contributed by atoms with Crippen molar-refractivity contribution < 1.29 is 14.4 Å². The average Bonchev–Trinajstić information content (AvgIpc) is 3.08. The third-order valence-electron chi connectivity index (χ3n) is 4.78. The van der Waals surface area contributed by atoms with Gasteiger partial charge in [0.2, 0.25) is 0 Å². The monoisotopic (exact) mass is 304 g/mol. The molecule has 1 N–H and O–H groups in total. The largest absolute Gasteiger partial charge is 0.497 e. The number of carbonyl (C=O) groups excluding carboxylic acids is 1. The summed E-state index contributed by atoms with van der Waals surface area (Å²) in [4.78, 5) is 18.2. The summed E-state index contributed by atoms with van der Waals surface area (Å²) in [6.45, 7) is 6.49. The molecule has 5 heteroatoms. The van der Waals surface area contributed by atoms with Crippen LogP contribution in [0.5, 0.6) is 5.75 Å². The number of piperazine rings is 1. The number of anilines is 1. The Hall–Kier alpha value is -1.75. The second-order valence-corrected chi connectivity index (χ2v) is 6.20. The minimum atomic E-state index is 0.325. The number of rotatable bonds is 4. The highest BCUT2D eigenvalue weighted by molar-refractivity contribution is 5.77. The van der Waals surface area contributed by atoms with Crippen LogP contribution in [0.3, 0.4) is 0 Å². The molecular formula is C17H26N3O2+. The molecular weight excluding hydrogens is 278 g/mol. The number of benzene rings is 1. The minimum absolute atomic E-state index is 0.325. The van der Waals surface area contributed by atoms with Crippen molar-refractivity contribution in [3.8, 4) is 5.75 Å². The minimum Gasteiger partial charge on any atom is -0.497 e. The van der Waals surface area contributed by atoms with E-state index in [1.165, 1.54) is 23.4 Å². The molecule has 2 aliphatic rings. The molecule has 120 valence electrons. The topological polar surface area (TPSA) is 37.2 Å². The molecule has 1 aromatic rings. The Morgan fingerprint density at radius 2 is 1.73 bits per heavy atom. The third kappa shape index (κ3) is 3.53. The predicted molar refractivity (Wildman–Crippen MR) is 86.6 cm³/mol. The van der Waals surface area contributed by atoms with Crippen LogP contribution in [0.2, 0.25) is 0 Å². The Kier molecular flexibility index (Phi) is 4.83. The van der Waals surface area contributed by atoms with Crippen molar-refractivity contribution >= 4 is 11.6 Å². The van der Waals surface area contributed by atoms with Crippen molar-refractivity contribution in [3.05, 3.63) is 24.3 Å². The van der Waals surface area contributed by atoms with Crippen LogP contribution < -0.4 is 14.5 Å². The van der Waals surface area contributed by atoms with Gasteiger partial charge in [0, 0.05) is 44.7 Å². The fourth-order valence-corrected chi connectivity index (χ4v) is 3.38. The van der Waals surface area contributed by atoms with Crippen LogP contribution in [0.1, 0.15) is 12.8 Å². The van der Waals surface area contributed by atoms with E-state index in [0.29, 0.717) is 12.5 Å². The number of likely N-dealkylation sites (tertiary alicyclic amines) is 1. The van der Waals surface area contributed by atoms with Crippen molar-refractivity contribution in [2.75, 3.05) is 57.8 Å². The molecule has 1 amide bonds. The molecule has 3 rings (SSSR count). The van der Waals surface area contributed by atoms with Gasteiger partial charge in [0.05, 0.1) is 20.2 Å². The first-order valence-corrected chi connectivity index (χ1v) is 8.26.